The van der Waals surface area contributed by atoms with Crippen molar-refractivity contribution >= 4 is 27.3 Å². The summed E-state index contributed by atoms with van der Waals surface area (Å²) in [7, 11) is 2.18. The van der Waals surface area contributed by atoms with Crippen molar-refractivity contribution in [2.24, 2.45) is 0 Å². The first-order valence-corrected chi connectivity index (χ1v) is 7.41. The van der Waals surface area contributed by atoms with Crippen LogP contribution in [0.2, 0.25) is 0 Å². The smallest absolute Gasteiger partial charge is 0.0327 e. The summed E-state index contributed by atoms with van der Waals surface area (Å²) < 4.78 is 1.23. The average Bonchev–Trinajstić information content (AvgIpc) is 2.63. The first-order chi connectivity index (χ1) is 7.61. The molecule has 1 N–H and O–H groups in total. The van der Waals surface area contributed by atoms with Gasteiger partial charge in [0.15, 0.2) is 0 Å². The molecule has 0 unspecified atom stereocenters. The van der Waals surface area contributed by atoms with E-state index in [2.05, 4.69) is 58.5 Å². The van der Waals surface area contributed by atoms with Crippen molar-refractivity contribution in [3.05, 3.63) is 20.8 Å². The first kappa shape index (κ1) is 14.2. The Kier molecular flexibility index (Phi) is 6.58. The Morgan fingerprint density at radius 1 is 1.50 bits per heavy atom. The molecule has 1 rings (SSSR count). The molecule has 16 heavy (non-hydrogen) atoms. The van der Waals surface area contributed by atoms with Gasteiger partial charge in [0.2, 0.25) is 0 Å². The highest BCUT2D eigenvalue weighted by Crippen LogP contribution is 2.21. The molecule has 0 saturated carbocycles. The van der Waals surface area contributed by atoms with Gasteiger partial charge in [-0.25, -0.2) is 0 Å². The van der Waals surface area contributed by atoms with Gasteiger partial charge in [0, 0.05) is 21.9 Å². The third kappa shape index (κ3) is 4.95. The molecular weight excluding hydrogens is 284 g/mol. The lowest BCUT2D eigenvalue weighted by Gasteiger charge is -2.20. The quantitative estimate of drug-likeness (QED) is 0.777. The molecule has 2 nitrogen and oxygen atoms in total. The van der Waals surface area contributed by atoms with Gasteiger partial charge in [-0.1, -0.05) is 0 Å². The maximum absolute atomic E-state index is 3.54. The van der Waals surface area contributed by atoms with Gasteiger partial charge in [-0.15, -0.1) is 11.3 Å². The number of nitrogens with zero attached hydrogens (tertiary/aromatic N) is 1. The van der Waals surface area contributed by atoms with E-state index in [-0.39, 0.29) is 0 Å². The predicted molar refractivity (Wildman–Crippen MR) is 76.1 cm³/mol. The normalized spacial score (nSPS) is 11.6. The van der Waals surface area contributed by atoms with Gasteiger partial charge in [0.05, 0.1) is 0 Å². The fourth-order valence-electron chi connectivity index (χ4n) is 1.36. The molecule has 0 spiro atoms. The largest absolute Gasteiger partial charge is 0.312 e. The van der Waals surface area contributed by atoms with Gasteiger partial charge in [-0.3, -0.25) is 0 Å². The number of hydrogen-bond acceptors (Lipinski definition) is 3. The molecule has 92 valence electrons. The summed E-state index contributed by atoms with van der Waals surface area (Å²) >= 11 is 5.34. The summed E-state index contributed by atoms with van der Waals surface area (Å²) in [6, 6.07) is 2.75. The Bertz CT molecular complexity index is 299. The predicted octanol–water partition coefficient (Wildman–Crippen LogP) is 3.33. The van der Waals surface area contributed by atoms with Crippen molar-refractivity contribution in [2.75, 3.05) is 20.1 Å². The molecule has 0 amide bonds. The van der Waals surface area contributed by atoms with Gasteiger partial charge in [0.1, 0.15) is 0 Å². The molecule has 0 aliphatic rings. The fraction of sp³-hybridized carbons (Fsp3) is 0.667. The third-order valence-corrected chi connectivity index (χ3v) is 4.65. The van der Waals surface area contributed by atoms with Gasteiger partial charge in [-0.05, 0) is 67.8 Å². The summed E-state index contributed by atoms with van der Waals surface area (Å²) in [6.45, 7) is 7.69. The maximum atomic E-state index is 3.54. The first-order valence-electron chi connectivity index (χ1n) is 5.74. The zero-order valence-electron chi connectivity index (χ0n) is 10.3. The van der Waals surface area contributed by atoms with Crippen LogP contribution in [0.1, 0.15) is 25.1 Å². The van der Waals surface area contributed by atoms with Gasteiger partial charge in [0.25, 0.3) is 0 Å². The van der Waals surface area contributed by atoms with E-state index in [0.717, 1.165) is 19.6 Å². The van der Waals surface area contributed by atoms with Crippen LogP contribution in [-0.2, 0) is 6.54 Å². The van der Waals surface area contributed by atoms with Crippen LogP contribution in [0.3, 0.4) is 0 Å². The average molecular weight is 305 g/mol. The van der Waals surface area contributed by atoms with Crippen LogP contribution in [0, 0.1) is 0 Å². The molecule has 0 bridgehead atoms. The molecule has 1 heterocycles. The van der Waals surface area contributed by atoms with E-state index >= 15 is 0 Å². The monoisotopic (exact) mass is 304 g/mol. The Hall–Kier alpha value is 0.100. The van der Waals surface area contributed by atoms with E-state index in [1.54, 1.807) is 11.3 Å². The Labute approximate surface area is 111 Å². The van der Waals surface area contributed by atoms with E-state index in [0.29, 0.717) is 6.04 Å². The minimum atomic E-state index is 0.645. The summed E-state index contributed by atoms with van der Waals surface area (Å²) in [5, 5.41) is 5.60. The summed E-state index contributed by atoms with van der Waals surface area (Å²) in [5.74, 6) is 0. The zero-order chi connectivity index (χ0) is 12.0. The van der Waals surface area contributed by atoms with Crippen LogP contribution < -0.4 is 5.32 Å². The summed E-state index contributed by atoms with van der Waals surface area (Å²) in [5.41, 5.74) is 0. The van der Waals surface area contributed by atoms with Crippen LogP contribution >= 0.6 is 27.3 Å². The molecule has 0 radical (unpaired) electrons. The molecule has 0 atom stereocenters. The lowest BCUT2D eigenvalue weighted by atomic mass is 10.3. The Balaban J connectivity index is 2.07. The second-order valence-corrected chi connectivity index (χ2v) is 6.15. The number of rotatable bonds is 7. The lowest BCUT2D eigenvalue weighted by molar-refractivity contribution is 0.269. The number of hydrogen-bond donors (Lipinski definition) is 1. The third-order valence-electron chi connectivity index (χ3n) is 2.72. The molecule has 0 aliphatic heterocycles. The van der Waals surface area contributed by atoms with Gasteiger partial charge in [-0.2, -0.15) is 0 Å². The standard InChI is InChI=1S/C12H21BrN2S/c1-10(2)15(3)7-4-6-14-9-12-11(13)5-8-16-12/h5,8,10,14H,4,6-7,9H2,1-3H3. The van der Waals surface area contributed by atoms with Crippen molar-refractivity contribution in [2.45, 2.75) is 32.9 Å². The Morgan fingerprint density at radius 2 is 2.25 bits per heavy atom. The molecule has 1 aromatic rings. The second-order valence-electron chi connectivity index (χ2n) is 4.30. The van der Waals surface area contributed by atoms with Crippen LogP contribution in [-0.4, -0.2) is 31.1 Å². The number of thiophene rings is 1. The number of halogens is 1. The van der Waals surface area contributed by atoms with Crippen LogP contribution in [0.15, 0.2) is 15.9 Å². The molecule has 0 saturated heterocycles. The van der Waals surface area contributed by atoms with Crippen molar-refractivity contribution in [3.63, 3.8) is 0 Å². The highest BCUT2D eigenvalue weighted by atomic mass is 79.9. The van der Waals surface area contributed by atoms with Crippen molar-refractivity contribution < 1.29 is 0 Å². The minimum Gasteiger partial charge on any atom is -0.312 e. The van der Waals surface area contributed by atoms with E-state index in [1.807, 2.05) is 0 Å². The molecule has 0 aromatic carbocycles. The van der Waals surface area contributed by atoms with Crippen LogP contribution in [0.5, 0.6) is 0 Å². The van der Waals surface area contributed by atoms with Crippen molar-refractivity contribution in [3.8, 4) is 0 Å². The molecule has 4 heteroatoms. The van der Waals surface area contributed by atoms with Crippen LogP contribution in [0.25, 0.3) is 0 Å². The SMILES string of the molecule is CC(C)N(C)CCCNCc1sccc1Br. The molecule has 0 fully saturated rings. The number of nitrogens with one attached hydrogen (secondary N) is 1. The summed E-state index contributed by atoms with van der Waals surface area (Å²) in [4.78, 5) is 3.76. The van der Waals surface area contributed by atoms with Crippen molar-refractivity contribution in [1.82, 2.24) is 10.2 Å². The zero-order valence-corrected chi connectivity index (χ0v) is 12.7. The fourth-order valence-corrected chi connectivity index (χ4v) is 2.83. The molecule has 1 aromatic heterocycles. The van der Waals surface area contributed by atoms with E-state index in [1.165, 1.54) is 15.8 Å². The van der Waals surface area contributed by atoms with Crippen LogP contribution in [0.4, 0.5) is 0 Å². The highest BCUT2D eigenvalue weighted by Gasteiger charge is 2.02. The van der Waals surface area contributed by atoms with Crippen molar-refractivity contribution in [1.29, 1.82) is 0 Å². The maximum Gasteiger partial charge on any atom is 0.0327 e. The van der Waals surface area contributed by atoms with Gasteiger partial charge < -0.3 is 10.2 Å². The second kappa shape index (κ2) is 7.43. The highest BCUT2D eigenvalue weighted by molar-refractivity contribution is 9.10. The molecular formula is C12H21BrN2S. The Morgan fingerprint density at radius 3 is 2.81 bits per heavy atom. The van der Waals surface area contributed by atoms with E-state index in [9.17, 15) is 0 Å². The topological polar surface area (TPSA) is 15.3 Å². The molecule has 0 aliphatic carbocycles. The summed E-state index contributed by atoms with van der Waals surface area (Å²) in [6.07, 6.45) is 1.21. The van der Waals surface area contributed by atoms with E-state index < -0.39 is 0 Å². The van der Waals surface area contributed by atoms with Gasteiger partial charge >= 0.3 is 0 Å². The lowest BCUT2D eigenvalue weighted by Crippen LogP contribution is -2.29. The van der Waals surface area contributed by atoms with E-state index in [4.69, 9.17) is 0 Å². The minimum absolute atomic E-state index is 0.645.